The zero-order valence-corrected chi connectivity index (χ0v) is 59.2. The van der Waals surface area contributed by atoms with Gasteiger partial charge in [0.25, 0.3) is 29.3 Å². The lowest BCUT2D eigenvalue weighted by molar-refractivity contribution is -0.385. The Balaban J connectivity index is 0.000000375. The summed E-state index contributed by atoms with van der Waals surface area (Å²) in [5.74, 6) is -4.42. The molecule has 2 fully saturated rings. The summed E-state index contributed by atoms with van der Waals surface area (Å²) in [6.07, 6.45) is -17.4. The highest BCUT2D eigenvalue weighted by atomic mass is 127. The van der Waals surface area contributed by atoms with Crippen molar-refractivity contribution in [3.8, 4) is 22.3 Å². The summed E-state index contributed by atoms with van der Waals surface area (Å²) in [5.41, 5.74) is 5.90. The van der Waals surface area contributed by atoms with Crippen molar-refractivity contribution in [3.05, 3.63) is 101 Å². The SMILES string of the molecule is CC.CN(CC(O)CO)C(=O)c1c(I)c(C(=O)N(C)CC(O)CO)c(I)c(-c2ccc(C(=O)NC3C(O)OC(CO)C(O)C3O)c(N)c2)c1I.O=C(NC1C(O)OC(CO)C(O)C1O)c1ccc(-c2c(I)c(C(=O)O)c(I)c(C(O)O)c2I)cc1[N+](=O)[O-]. The number of amides is 4. The van der Waals surface area contributed by atoms with Crippen LogP contribution in [0.4, 0.5) is 11.4 Å². The summed E-state index contributed by atoms with van der Waals surface area (Å²) in [6, 6.07) is 4.61. The smallest absolute Gasteiger partial charge is 0.337 e. The number of hydrogen-bond donors (Lipinski definition) is 18. The summed E-state index contributed by atoms with van der Waals surface area (Å²) in [5, 5.41) is 164. The van der Waals surface area contributed by atoms with Crippen LogP contribution in [-0.2, 0) is 9.47 Å². The molecule has 2 aliphatic heterocycles. The van der Waals surface area contributed by atoms with Gasteiger partial charge in [-0.1, -0.05) is 26.0 Å². The summed E-state index contributed by atoms with van der Waals surface area (Å²) in [7, 11) is 2.85. The third-order valence-corrected chi connectivity index (χ3v) is 19.9. The molecule has 6 rings (SSSR count). The third kappa shape index (κ3) is 17.5. The number of carboxylic acid groups (broad SMARTS) is 1. The number of anilines is 1. The molecule has 0 saturated carbocycles. The van der Waals surface area contributed by atoms with Crippen LogP contribution in [0.25, 0.3) is 22.3 Å². The summed E-state index contributed by atoms with van der Waals surface area (Å²) < 4.78 is 11.6. The fourth-order valence-corrected chi connectivity index (χ4v) is 18.4. The number of rotatable bonds is 19. The number of carboxylic acids is 1. The van der Waals surface area contributed by atoms with Crippen LogP contribution in [0.1, 0.15) is 77.5 Å². The first-order chi connectivity index (χ1) is 41.2. The van der Waals surface area contributed by atoms with E-state index in [-0.39, 0.29) is 72.0 Å². The van der Waals surface area contributed by atoms with Crippen LogP contribution < -0.4 is 16.4 Å². The number of likely N-dealkylation sites (N-methyl/N-ethyl adjacent to an activating group) is 2. The van der Waals surface area contributed by atoms with Gasteiger partial charge in [-0.15, -0.1) is 0 Å². The first kappa shape index (κ1) is 77.6. The topological polar surface area (TPSA) is 507 Å². The van der Waals surface area contributed by atoms with E-state index in [1.54, 1.807) is 67.8 Å². The molecule has 36 heteroatoms. The molecule has 0 bridgehead atoms. The number of ether oxygens (including phenoxy) is 2. The fourth-order valence-electron chi connectivity index (χ4n) is 8.86. The van der Waals surface area contributed by atoms with Crippen LogP contribution in [0.5, 0.6) is 0 Å². The highest BCUT2D eigenvalue weighted by molar-refractivity contribution is 14.1. The second-order valence-electron chi connectivity index (χ2n) is 19.1. The molecular formula is C52H62I6N6O24. The highest BCUT2D eigenvalue weighted by Gasteiger charge is 2.46. The van der Waals surface area contributed by atoms with Crippen molar-refractivity contribution in [3.63, 3.8) is 0 Å². The Kier molecular flexibility index (Phi) is 30.3. The molecule has 486 valence electrons. The number of halogens is 6. The summed E-state index contributed by atoms with van der Waals surface area (Å²) >= 11 is 11.0. The van der Waals surface area contributed by atoms with Crippen molar-refractivity contribution in [1.29, 1.82) is 0 Å². The van der Waals surface area contributed by atoms with Crippen LogP contribution in [0.15, 0.2) is 36.4 Å². The normalized spacial score (nSPS) is 22.2. The number of nitrogens with one attached hydrogen (secondary N) is 2. The number of nitrogens with two attached hydrogens (primary N) is 1. The maximum absolute atomic E-state index is 13.8. The highest BCUT2D eigenvalue weighted by Crippen LogP contribution is 2.43. The van der Waals surface area contributed by atoms with Crippen LogP contribution in [0.2, 0.25) is 0 Å². The van der Waals surface area contributed by atoms with Gasteiger partial charge in [0.2, 0.25) is 0 Å². The quantitative estimate of drug-likeness (QED) is 0.0184. The maximum atomic E-state index is 13.8. The molecule has 2 aliphatic rings. The Morgan fingerprint density at radius 2 is 0.989 bits per heavy atom. The van der Waals surface area contributed by atoms with Crippen molar-refractivity contribution in [2.45, 2.75) is 93.6 Å². The minimum atomic E-state index is -2.04. The lowest BCUT2D eigenvalue weighted by atomic mass is 9.95. The van der Waals surface area contributed by atoms with Crippen LogP contribution in [0, 0.1) is 31.5 Å². The molecule has 0 aromatic heterocycles. The van der Waals surface area contributed by atoms with E-state index in [4.69, 9.17) is 15.2 Å². The number of aliphatic hydroxyl groups excluding tert-OH is 13. The van der Waals surface area contributed by atoms with Gasteiger partial charge in [0, 0.05) is 77.1 Å². The monoisotopic (exact) mass is 1920 g/mol. The van der Waals surface area contributed by atoms with Crippen molar-refractivity contribution in [2.75, 3.05) is 59.3 Å². The number of nitro benzene ring substituents is 1. The second kappa shape index (κ2) is 34.4. The van der Waals surface area contributed by atoms with Gasteiger partial charge < -0.3 is 112 Å². The molecule has 0 aliphatic carbocycles. The molecular weight excluding hydrogens is 1850 g/mol. The van der Waals surface area contributed by atoms with E-state index in [1.807, 2.05) is 81.6 Å². The Labute approximate surface area is 582 Å². The molecule has 88 heavy (non-hydrogen) atoms. The number of aromatic carboxylic acids is 1. The van der Waals surface area contributed by atoms with Gasteiger partial charge in [-0.05, 0) is 165 Å². The van der Waals surface area contributed by atoms with E-state index in [2.05, 4.69) is 10.6 Å². The number of carbonyl (C=O) groups excluding carboxylic acids is 4. The van der Waals surface area contributed by atoms with E-state index in [1.165, 1.54) is 48.2 Å². The number of benzene rings is 4. The standard InChI is InChI=1S/C29H37I3N4O12.C21H19I3N2O12.C2H6/c1-35(6-12(40)8-37)27(45)18-20(30)17(21(31)19(22(18)32)28(46)36(2)7-13(41)9-38)11-3-4-14(15(33)5-11)26(44)34-23-25(43)24(42)16(10-39)48-29(23)47;22-12-9(13(23)11(20(33)34)14(24)10(12)19(31)32)5-1-2-6(7(3-5)26(36)37)18(30)25-15-17(29)16(28)8(4-27)38-21(15)35;1-2/h3-5,12-13,16,23-25,29,37-43,47H,6-10,33H2,1-2H3,(H,34,44);1-3,8,15-17,19,21,27-29,31-32,35H,4H2,(H,25,30)(H,33,34);1-2H3. The number of nitrogens with zero attached hydrogens (tertiary/aromatic N) is 3. The molecule has 30 nitrogen and oxygen atoms in total. The molecule has 4 aromatic rings. The van der Waals surface area contributed by atoms with Crippen LogP contribution >= 0.6 is 136 Å². The van der Waals surface area contributed by atoms with E-state index >= 15 is 0 Å². The maximum Gasteiger partial charge on any atom is 0.337 e. The number of carbonyl (C=O) groups is 5. The number of nitro groups is 1. The van der Waals surface area contributed by atoms with E-state index in [0.717, 1.165) is 12.1 Å². The average Bonchev–Trinajstić information content (AvgIpc) is 0.828. The predicted molar refractivity (Wildman–Crippen MR) is 359 cm³/mol. The Hall–Kier alpha value is -2.83. The molecule has 2 heterocycles. The van der Waals surface area contributed by atoms with E-state index < -0.39 is 152 Å². The molecule has 4 aromatic carbocycles. The zero-order valence-electron chi connectivity index (χ0n) is 46.3. The Morgan fingerprint density at radius 3 is 1.36 bits per heavy atom. The van der Waals surface area contributed by atoms with E-state index in [0.29, 0.717) is 18.3 Å². The lowest BCUT2D eigenvalue weighted by Crippen LogP contribution is -2.64. The van der Waals surface area contributed by atoms with Gasteiger partial charge in [-0.2, -0.15) is 0 Å². The number of hydrogen-bond acceptors (Lipinski definition) is 24. The fraction of sp³-hybridized carbons (Fsp3) is 0.442. The first-order valence-corrected chi connectivity index (χ1v) is 32.2. The molecule has 0 spiro atoms. The van der Waals surface area contributed by atoms with Gasteiger partial charge in [-0.3, -0.25) is 29.3 Å². The molecule has 12 atom stereocenters. The number of nitrogen functional groups attached to an aromatic ring is 1. The first-order valence-electron chi connectivity index (χ1n) is 25.7. The zero-order chi connectivity index (χ0) is 66.8. The van der Waals surface area contributed by atoms with Crippen molar-refractivity contribution in [2.24, 2.45) is 0 Å². The lowest BCUT2D eigenvalue weighted by Gasteiger charge is -2.40. The van der Waals surface area contributed by atoms with Crippen LogP contribution in [-0.4, -0.2) is 248 Å². The molecule has 19 N–H and O–H groups in total. The molecule has 2 saturated heterocycles. The van der Waals surface area contributed by atoms with Gasteiger partial charge >= 0.3 is 5.97 Å². The van der Waals surface area contributed by atoms with E-state index in [9.17, 15) is 111 Å². The van der Waals surface area contributed by atoms with Gasteiger partial charge in [0.1, 0.15) is 54.3 Å². The molecule has 12 unspecified atom stereocenters. The Bertz CT molecular complexity index is 3170. The molecule has 4 amide bonds. The minimum absolute atomic E-state index is 0.0586. The van der Waals surface area contributed by atoms with Crippen molar-refractivity contribution >= 4 is 177 Å². The summed E-state index contributed by atoms with van der Waals surface area (Å²) in [6.45, 7) is 1.01. The average molecular weight is 1920 g/mol. The van der Waals surface area contributed by atoms with Crippen molar-refractivity contribution in [1.82, 2.24) is 20.4 Å². The van der Waals surface area contributed by atoms with Gasteiger partial charge in [0.05, 0.1) is 65.8 Å². The largest absolute Gasteiger partial charge is 0.478 e. The van der Waals surface area contributed by atoms with Gasteiger partial charge in [-0.25, -0.2) is 4.79 Å². The summed E-state index contributed by atoms with van der Waals surface area (Å²) in [4.78, 5) is 79.0. The molecule has 0 radical (unpaired) electrons. The minimum Gasteiger partial charge on any atom is -0.478 e. The van der Waals surface area contributed by atoms with Gasteiger partial charge in [0.15, 0.2) is 18.9 Å². The Morgan fingerprint density at radius 1 is 0.602 bits per heavy atom. The van der Waals surface area contributed by atoms with Crippen LogP contribution in [0.3, 0.4) is 0 Å². The third-order valence-electron chi connectivity index (χ3n) is 13.4. The predicted octanol–water partition coefficient (Wildman–Crippen LogP) is -0.557. The second-order valence-corrected chi connectivity index (χ2v) is 25.6. The van der Waals surface area contributed by atoms with Crippen molar-refractivity contribution < 1.29 is 115 Å². The number of aliphatic hydroxyl groups is 14.